The number of benzene rings is 2. The number of unbranched alkanes of at least 4 members (excludes halogenated alkanes) is 1. The summed E-state index contributed by atoms with van der Waals surface area (Å²) < 4.78 is 5.46. The summed E-state index contributed by atoms with van der Waals surface area (Å²) >= 11 is 5.96. The highest BCUT2D eigenvalue weighted by atomic mass is 35.5. The van der Waals surface area contributed by atoms with Crippen molar-refractivity contribution in [3.8, 4) is 5.75 Å². The average Bonchev–Trinajstić information content (AvgIpc) is 2.63. The molecular weight excluding hydrogens is 352 g/mol. The van der Waals surface area contributed by atoms with Gasteiger partial charge in [-0.2, -0.15) is 0 Å². The van der Waals surface area contributed by atoms with Crippen LogP contribution in [-0.2, 0) is 4.79 Å². The SMILES string of the molecule is CCCCNC(=O)c1ccc(NC(=O)COc2ccc(Cl)c(C)c2)cc1. The first-order valence-corrected chi connectivity index (χ1v) is 8.94. The third kappa shape index (κ3) is 6.08. The lowest BCUT2D eigenvalue weighted by molar-refractivity contribution is -0.118. The lowest BCUT2D eigenvalue weighted by Crippen LogP contribution is -2.24. The molecule has 0 aromatic heterocycles. The first-order chi connectivity index (χ1) is 12.5. The van der Waals surface area contributed by atoms with Gasteiger partial charge in [-0.1, -0.05) is 24.9 Å². The van der Waals surface area contributed by atoms with Crippen molar-refractivity contribution in [2.24, 2.45) is 0 Å². The maximum absolute atomic E-state index is 12.0. The van der Waals surface area contributed by atoms with Gasteiger partial charge >= 0.3 is 0 Å². The summed E-state index contributed by atoms with van der Waals surface area (Å²) in [5.74, 6) is 0.191. The number of amides is 2. The number of halogens is 1. The van der Waals surface area contributed by atoms with E-state index in [-0.39, 0.29) is 18.4 Å². The van der Waals surface area contributed by atoms with Crippen molar-refractivity contribution in [3.05, 3.63) is 58.6 Å². The summed E-state index contributed by atoms with van der Waals surface area (Å²) in [4.78, 5) is 23.9. The van der Waals surface area contributed by atoms with Crippen LogP contribution in [-0.4, -0.2) is 25.0 Å². The Balaban J connectivity index is 1.83. The molecule has 5 nitrogen and oxygen atoms in total. The number of nitrogens with one attached hydrogen (secondary N) is 2. The summed E-state index contributed by atoms with van der Waals surface area (Å²) in [6.45, 7) is 4.49. The first kappa shape index (κ1) is 19.8. The highest BCUT2D eigenvalue weighted by molar-refractivity contribution is 6.31. The highest BCUT2D eigenvalue weighted by Crippen LogP contribution is 2.21. The van der Waals surface area contributed by atoms with E-state index < -0.39 is 0 Å². The van der Waals surface area contributed by atoms with Crippen LogP contribution in [0.1, 0.15) is 35.7 Å². The molecular formula is C20H23ClN2O3. The zero-order valence-electron chi connectivity index (χ0n) is 15.0. The summed E-state index contributed by atoms with van der Waals surface area (Å²) in [6, 6.07) is 12.0. The standard InChI is InChI=1S/C20H23ClN2O3/c1-3-4-11-22-20(25)15-5-7-16(8-6-15)23-19(24)13-26-17-9-10-18(21)14(2)12-17/h5-10,12H,3-4,11,13H2,1-2H3,(H,22,25)(H,23,24). The van der Waals surface area contributed by atoms with Gasteiger partial charge < -0.3 is 15.4 Å². The van der Waals surface area contributed by atoms with Crippen molar-refractivity contribution in [1.82, 2.24) is 5.32 Å². The van der Waals surface area contributed by atoms with Crippen LogP contribution in [0.25, 0.3) is 0 Å². The molecule has 0 spiro atoms. The molecule has 2 N–H and O–H groups in total. The molecule has 0 saturated heterocycles. The van der Waals surface area contributed by atoms with Crippen molar-refractivity contribution in [1.29, 1.82) is 0 Å². The molecule has 0 aliphatic rings. The smallest absolute Gasteiger partial charge is 0.262 e. The minimum atomic E-state index is -0.280. The molecule has 0 aliphatic carbocycles. The number of carbonyl (C=O) groups excluding carboxylic acids is 2. The molecule has 138 valence electrons. The molecule has 0 bridgehead atoms. The molecule has 2 amide bonds. The second-order valence-corrected chi connectivity index (χ2v) is 6.34. The maximum Gasteiger partial charge on any atom is 0.262 e. The van der Waals surface area contributed by atoms with Gasteiger partial charge in [0.15, 0.2) is 6.61 Å². The van der Waals surface area contributed by atoms with Crippen LogP contribution in [0.2, 0.25) is 5.02 Å². The van der Waals surface area contributed by atoms with E-state index >= 15 is 0 Å². The first-order valence-electron chi connectivity index (χ1n) is 8.56. The minimum Gasteiger partial charge on any atom is -0.484 e. The van der Waals surface area contributed by atoms with E-state index in [0.717, 1.165) is 18.4 Å². The average molecular weight is 375 g/mol. The number of hydrogen-bond donors (Lipinski definition) is 2. The lowest BCUT2D eigenvalue weighted by Gasteiger charge is -2.09. The van der Waals surface area contributed by atoms with Crippen molar-refractivity contribution in [2.45, 2.75) is 26.7 Å². The van der Waals surface area contributed by atoms with Gasteiger partial charge in [0.25, 0.3) is 11.8 Å². The van der Waals surface area contributed by atoms with Gasteiger partial charge in [-0.05, 0) is 61.4 Å². The third-order valence-electron chi connectivity index (χ3n) is 3.75. The molecule has 2 rings (SSSR count). The van der Waals surface area contributed by atoms with E-state index in [1.807, 2.05) is 6.92 Å². The molecule has 0 fully saturated rings. The Morgan fingerprint density at radius 3 is 2.50 bits per heavy atom. The fraction of sp³-hybridized carbons (Fsp3) is 0.300. The van der Waals surface area contributed by atoms with Gasteiger partial charge in [-0.3, -0.25) is 9.59 Å². The molecule has 0 aliphatic heterocycles. The van der Waals surface area contributed by atoms with Crippen LogP contribution in [0.15, 0.2) is 42.5 Å². The van der Waals surface area contributed by atoms with Gasteiger partial charge in [0.05, 0.1) is 0 Å². The third-order valence-corrected chi connectivity index (χ3v) is 4.17. The van der Waals surface area contributed by atoms with Crippen LogP contribution in [0, 0.1) is 6.92 Å². The van der Waals surface area contributed by atoms with Gasteiger partial charge in [0.1, 0.15) is 5.75 Å². The van der Waals surface area contributed by atoms with Crippen LogP contribution < -0.4 is 15.4 Å². The fourth-order valence-corrected chi connectivity index (χ4v) is 2.36. The minimum absolute atomic E-state index is 0.111. The summed E-state index contributed by atoms with van der Waals surface area (Å²) in [7, 11) is 0. The molecule has 0 heterocycles. The summed E-state index contributed by atoms with van der Waals surface area (Å²) in [5, 5.41) is 6.24. The Bertz CT molecular complexity index is 760. The number of ether oxygens (including phenoxy) is 1. The normalized spacial score (nSPS) is 10.3. The Hall–Kier alpha value is -2.53. The van der Waals surface area contributed by atoms with E-state index in [1.54, 1.807) is 42.5 Å². The topological polar surface area (TPSA) is 67.4 Å². The Kier molecular flexibility index (Phi) is 7.48. The lowest BCUT2D eigenvalue weighted by atomic mass is 10.2. The number of carbonyl (C=O) groups is 2. The van der Waals surface area contributed by atoms with Crippen LogP contribution in [0.3, 0.4) is 0 Å². The largest absolute Gasteiger partial charge is 0.484 e. The molecule has 2 aromatic rings. The second kappa shape index (κ2) is 9.82. The molecule has 0 unspecified atom stereocenters. The van der Waals surface area contributed by atoms with Gasteiger partial charge in [0.2, 0.25) is 0 Å². The second-order valence-electron chi connectivity index (χ2n) is 5.93. The molecule has 0 saturated carbocycles. The number of hydrogen-bond acceptors (Lipinski definition) is 3. The quantitative estimate of drug-likeness (QED) is 0.680. The Morgan fingerprint density at radius 1 is 1.12 bits per heavy atom. The van der Waals surface area contributed by atoms with Crippen molar-refractivity contribution >= 4 is 29.1 Å². The Morgan fingerprint density at radius 2 is 1.85 bits per heavy atom. The predicted molar refractivity (Wildman–Crippen MR) is 104 cm³/mol. The van der Waals surface area contributed by atoms with E-state index in [1.165, 1.54) is 0 Å². The Labute approximate surface area is 158 Å². The fourth-order valence-electron chi connectivity index (χ4n) is 2.24. The number of aryl methyl sites for hydroxylation is 1. The zero-order valence-corrected chi connectivity index (χ0v) is 15.7. The molecule has 0 radical (unpaired) electrons. The van der Waals surface area contributed by atoms with Gasteiger partial charge in [-0.15, -0.1) is 0 Å². The number of anilines is 1. The van der Waals surface area contributed by atoms with E-state index in [0.29, 0.717) is 28.6 Å². The monoisotopic (exact) mass is 374 g/mol. The van der Waals surface area contributed by atoms with Gasteiger partial charge in [-0.25, -0.2) is 0 Å². The van der Waals surface area contributed by atoms with E-state index in [2.05, 4.69) is 17.6 Å². The van der Waals surface area contributed by atoms with Gasteiger partial charge in [0, 0.05) is 22.8 Å². The van der Waals surface area contributed by atoms with E-state index in [4.69, 9.17) is 16.3 Å². The molecule has 6 heteroatoms. The van der Waals surface area contributed by atoms with E-state index in [9.17, 15) is 9.59 Å². The molecule has 2 aromatic carbocycles. The summed E-state index contributed by atoms with van der Waals surface area (Å²) in [6.07, 6.45) is 1.98. The predicted octanol–water partition coefficient (Wildman–Crippen LogP) is 4.20. The van der Waals surface area contributed by atoms with Crippen molar-refractivity contribution < 1.29 is 14.3 Å². The van der Waals surface area contributed by atoms with Crippen LogP contribution in [0.5, 0.6) is 5.75 Å². The molecule has 26 heavy (non-hydrogen) atoms. The number of rotatable bonds is 8. The molecule has 0 atom stereocenters. The maximum atomic E-state index is 12.0. The highest BCUT2D eigenvalue weighted by Gasteiger charge is 2.07. The van der Waals surface area contributed by atoms with Crippen molar-refractivity contribution in [2.75, 3.05) is 18.5 Å². The van der Waals surface area contributed by atoms with Crippen LogP contribution in [0.4, 0.5) is 5.69 Å². The van der Waals surface area contributed by atoms with Crippen molar-refractivity contribution in [3.63, 3.8) is 0 Å². The van der Waals surface area contributed by atoms with Crippen LogP contribution >= 0.6 is 11.6 Å². The summed E-state index contributed by atoms with van der Waals surface area (Å²) in [5.41, 5.74) is 2.06. The zero-order chi connectivity index (χ0) is 18.9.